The maximum Gasteiger partial charge on any atom is 0.207 e. The van der Waals surface area contributed by atoms with Crippen molar-refractivity contribution in [3.8, 4) is 0 Å². The highest BCUT2D eigenvalue weighted by atomic mass is 16.1. The highest BCUT2D eigenvalue weighted by Crippen LogP contribution is 2.51. The zero-order valence-corrected chi connectivity index (χ0v) is 10.8. The number of carbonyl (C=O) groups excluding carboxylic acids is 1. The smallest absolute Gasteiger partial charge is 0.207 e. The summed E-state index contributed by atoms with van der Waals surface area (Å²) < 4.78 is 0. The summed E-state index contributed by atoms with van der Waals surface area (Å²) in [5, 5.41) is 2.72. The van der Waals surface area contributed by atoms with E-state index in [0.29, 0.717) is 0 Å². The van der Waals surface area contributed by atoms with Crippen LogP contribution in [0.3, 0.4) is 0 Å². The number of rotatable bonds is 5. The van der Waals surface area contributed by atoms with Gasteiger partial charge in [0.15, 0.2) is 0 Å². The van der Waals surface area contributed by atoms with E-state index in [1.807, 2.05) is 13.8 Å². The molecule has 16 heavy (non-hydrogen) atoms. The third-order valence-electron chi connectivity index (χ3n) is 3.58. The maximum absolute atomic E-state index is 10.0. The molecular weight excluding hydrogens is 200 g/mol. The van der Waals surface area contributed by atoms with E-state index in [2.05, 4.69) is 10.2 Å². The molecule has 1 amide bonds. The van der Waals surface area contributed by atoms with Crippen molar-refractivity contribution in [1.29, 1.82) is 0 Å². The van der Waals surface area contributed by atoms with Gasteiger partial charge in [-0.25, -0.2) is 0 Å². The topological polar surface area (TPSA) is 32.3 Å². The van der Waals surface area contributed by atoms with Gasteiger partial charge in [-0.2, -0.15) is 0 Å². The minimum absolute atomic E-state index is 0.732. The lowest BCUT2D eigenvalue weighted by Crippen LogP contribution is -2.37. The van der Waals surface area contributed by atoms with Gasteiger partial charge in [0, 0.05) is 13.1 Å². The fraction of sp³-hybridized carbons (Fsp3) is 0.923. The van der Waals surface area contributed by atoms with Crippen LogP contribution >= 0.6 is 0 Å². The Kier molecular flexibility index (Phi) is 5.81. The molecule has 0 atom stereocenters. The minimum atomic E-state index is 0.732. The van der Waals surface area contributed by atoms with Crippen LogP contribution in [0.5, 0.6) is 0 Å². The molecule has 0 radical (unpaired) electrons. The first-order valence-electron chi connectivity index (χ1n) is 6.74. The lowest BCUT2D eigenvalue weighted by molar-refractivity contribution is -0.109. The molecule has 2 fully saturated rings. The summed E-state index contributed by atoms with van der Waals surface area (Å²) in [4.78, 5) is 12.6. The number of piperidine rings is 1. The molecule has 3 heteroatoms. The van der Waals surface area contributed by atoms with Crippen molar-refractivity contribution in [2.24, 2.45) is 5.41 Å². The van der Waals surface area contributed by atoms with Gasteiger partial charge in [0.25, 0.3) is 0 Å². The van der Waals surface area contributed by atoms with Gasteiger partial charge in [0.05, 0.1) is 0 Å². The Balaban J connectivity index is 0.000000606. The second kappa shape index (κ2) is 6.89. The van der Waals surface area contributed by atoms with E-state index in [0.717, 1.165) is 31.3 Å². The molecule has 94 valence electrons. The molecular formula is C13H26N2O. The Morgan fingerprint density at radius 3 is 2.69 bits per heavy atom. The molecule has 1 saturated carbocycles. The van der Waals surface area contributed by atoms with Gasteiger partial charge in [-0.3, -0.25) is 4.79 Å². The summed E-state index contributed by atoms with van der Waals surface area (Å²) in [7, 11) is 0. The van der Waals surface area contributed by atoms with Gasteiger partial charge in [0.1, 0.15) is 0 Å². The van der Waals surface area contributed by atoms with E-state index in [1.165, 1.54) is 38.8 Å². The second-order valence-corrected chi connectivity index (χ2v) is 4.81. The normalized spacial score (nSPS) is 22.1. The average Bonchev–Trinajstić information content (AvgIpc) is 3.07. The molecule has 1 N–H and O–H groups in total. The van der Waals surface area contributed by atoms with Crippen molar-refractivity contribution >= 4 is 6.41 Å². The first-order valence-corrected chi connectivity index (χ1v) is 6.74. The quantitative estimate of drug-likeness (QED) is 0.574. The van der Waals surface area contributed by atoms with Crippen LogP contribution < -0.4 is 5.32 Å². The van der Waals surface area contributed by atoms with Crippen molar-refractivity contribution in [1.82, 2.24) is 10.2 Å². The molecule has 0 bridgehead atoms. The highest BCUT2D eigenvalue weighted by Gasteiger charge is 2.44. The van der Waals surface area contributed by atoms with Crippen molar-refractivity contribution in [2.45, 2.75) is 46.0 Å². The van der Waals surface area contributed by atoms with Gasteiger partial charge in [-0.05, 0) is 50.6 Å². The number of carbonyl (C=O) groups is 1. The molecule has 1 spiro atoms. The second-order valence-electron chi connectivity index (χ2n) is 4.81. The van der Waals surface area contributed by atoms with Crippen LogP contribution in [0.25, 0.3) is 0 Å². The number of hydrogen-bond donors (Lipinski definition) is 1. The Morgan fingerprint density at radius 1 is 1.31 bits per heavy atom. The summed E-state index contributed by atoms with van der Waals surface area (Å²) in [6.07, 6.45) is 7.62. The van der Waals surface area contributed by atoms with Crippen molar-refractivity contribution in [2.75, 3.05) is 26.2 Å². The first kappa shape index (κ1) is 13.5. The number of hydrogen-bond acceptors (Lipinski definition) is 2. The third kappa shape index (κ3) is 4.12. The van der Waals surface area contributed by atoms with E-state index in [-0.39, 0.29) is 0 Å². The van der Waals surface area contributed by atoms with Crippen molar-refractivity contribution < 1.29 is 4.79 Å². The van der Waals surface area contributed by atoms with Gasteiger partial charge >= 0.3 is 0 Å². The summed E-state index contributed by atoms with van der Waals surface area (Å²) in [5.41, 5.74) is 0.732. The minimum Gasteiger partial charge on any atom is -0.359 e. The van der Waals surface area contributed by atoms with Crippen LogP contribution in [0.15, 0.2) is 0 Å². The molecule has 1 aliphatic carbocycles. The molecule has 1 aliphatic heterocycles. The van der Waals surface area contributed by atoms with Gasteiger partial charge in [-0.1, -0.05) is 13.8 Å². The fourth-order valence-electron chi connectivity index (χ4n) is 2.55. The van der Waals surface area contributed by atoms with Crippen molar-refractivity contribution in [3.05, 3.63) is 0 Å². The molecule has 3 nitrogen and oxygen atoms in total. The van der Waals surface area contributed by atoms with Crippen LogP contribution in [-0.2, 0) is 4.79 Å². The van der Waals surface area contributed by atoms with Gasteiger partial charge < -0.3 is 10.2 Å². The zero-order chi connectivity index (χ0) is 11.9. The van der Waals surface area contributed by atoms with E-state index in [9.17, 15) is 4.79 Å². The number of nitrogens with zero attached hydrogens (tertiary/aromatic N) is 1. The largest absolute Gasteiger partial charge is 0.359 e. The molecule has 2 aliphatic rings. The van der Waals surface area contributed by atoms with E-state index in [1.54, 1.807) is 0 Å². The third-order valence-corrected chi connectivity index (χ3v) is 3.58. The molecule has 1 saturated heterocycles. The van der Waals surface area contributed by atoms with Crippen LogP contribution in [-0.4, -0.2) is 37.5 Å². The standard InChI is InChI=1S/C11H20N2O.C2H6/c14-10-12-6-2-8-13-7-1-3-11(9-13)4-5-11;1-2/h10H,1-9H2,(H,12,14);1-2H3. The fourth-order valence-corrected chi connectivity index (χ4v) is 2.55. The Hall–Kier alpha value is -0.570. The Morgan fingerprint density at radius 2 is 2.06 bits per heavy atom. The van der Waals surface area contributed by atoms with E-state index >= 15 is 0 Å². The predicted octanol–water partition coefficient (Wildman–Crippen LogP) is 2.02. The maximum atomic E-state index is 10.0. The Labute approximate surface area is 99.6 Å². The lowest BCUT2D eigenvalue weighted by atomic mass is 9.95. The van der Waals surface area contributed by atoms with Crippen LogP contribution in [0.1, 0.15) is 46.0 Å². The number of likely N-dealkylation sites (tertiary alicyclic amines) is 1. The number of nitrogens with one attached hydrogen (secondary N) is 1. The molecule has 1 heterocycles. The van der Waals surface area contributed by atoms with Crippen LogP contribution in [0.2, 0.25) is 0 Å². The van der Waals surface area contributed by atoms with Crippen LogP contribution in [0, 0.1) is 5.41 Å². The monoisotopic (exact) mass is 226 g/mol. The molecule has 0 aromatic rings. The van der Waals surface area contributed by atoms with Crippen molar-refractivity contribution in [3.63, 3.8) is 0 Å². The predicted molar refractivity (Wildman–Crippen MR) is 67.4 cm³/mol. The highest BCUT2D eigenvalue weighted by molar-refractivity contribution is 5.45. The van der Waals surface area contributed by atoms with Gasteiger partial charge in [0.2, 0.25) is 6.41 Å². The first-order chi connectivity index (χ1) is 7.85. The summed E-state index contributed by atoms with van der Waals surface area (Å²) >= 11 is 0. The van der Waals surface area contributed by atoms with E-state index < -0.39 is 0 Å². The molecule has 0 unspecified atom stereocenters. The summed E-state index contributed by atoms with van der Waals surface area (Å²) in [6, 6.07) is 0. The molecule has 0 aromatic carbocycles. The zero-order valence-electron chi connectivity index (χ0n) is 10.8. The number of amides is 1. The van der Waals surface area contributed by atoms with Gasteiger partial charge in [-0.15, -0.1) is 0 Å². The lowest BCUT2D eigenvalue weighted by Gasteiger charge is -2.32. The molecule has 2 rings (SSSR count). The van der Waals surface area contributed by atoms with E-state index in [4.69, 9.17) is 0 Å². The van der Waals surface area contributed by atoms with Crippen LogP contribution in [0.4, 0.5) is 0 Å². The summed E-state index contributed by atoms with van der Waals surface area (Å²) in [6.45, 7) is 8.56. The Bertz CT molecular complexity index is 202. The SMILES string of the molecule is CC.O=CNCCCN1CCCC2(CC2)C1. The average molecular weight is 226 g/mol. The summed E-state index contributed by atoms with van der Waals surface area (Å²) in [5.74, 6) is 0. The molecule has 0 aromatic heterocycles.